The second kappa shape index (κ2) is 7.09. The molecule has 11 heteroatoms. The number of hydrogen-bond donors (Lipinski definition) is 1. The Morgan fingerprint density at radius 3 is 2.89 bits per heavy atom. The summed E-state index contributed by atoms with van der Waals surface area (Å²) in [6.45, 7) is 1.61. The number of hydrogen-bond acceptors (Lipinski definition) is 8. The van der Waals surface area contributed by atoms with Gasteiger partial charge in [-0.2, -0.15) is 4.98 Å². The lowest BCUT2D eigenvalue weighted by Crippen LogP contribution is -2.52. The summed E-state index contributed by atoms with van der Waals surface area (Å²) >= 11 is 0. The summed E-state index contributed by atoms with van der Waals surface area (Å²) in [4.78, 5) is 50.6. The van der Waals surface area contributed by atoms with Crippen molar-refractivity contribution in [3.05, 3.63) is 24.5 Å². The summed E-state index contributed by atoms with van der Waals surface area (Å²) in [7, 11) is 0. The summed E-state index contributed by atoms with van der Waals surface area (Å²) in [5, 5.41) is 6.14. The molecule has 0 atom stereocenters. The first-order valence-corrected chi connectivity index (χ1v) is 8.56. The average Bonchev–Trinajstić information content (AvgIpc) is 3.10. The van der Waals surface area contributed by atoms with E-state index in [2.05, 4.69) is 25.4 Å². The lowest BCUT2D eigenvalue weighted by atomic mass is 9.99. The van der Waals surface area contributed by atoms with Gasteiger partial charge in [-0.1, -0.05) is 5.16 Å². The molecule has 0 aliphatic carbocycles. The molecule has 0 bridgehead atoms. The third kappa shape index (κ3) is 3.61. The molecule has 0 radical (unpaired) electrons. The van der Waals surface area contributed by atoms with Gasteiger partial charge in [0.25, 0.3) is 0 Å². The molecule has 2 aromatic heterocycles. The Bertz CT molecular complexity index is 863. The molecule has 0 saturated carbocycles. The molecule has 27 heavy (non-hydrogen) atoms. The van der Waals surface area contributed by atoms with Crippen molar-refractivity contribution in [3.8, 4) is 11.5 Å². The van der Waals surface area contributed by atoms with E-state index in [9.17, 15) is 14.4 Å². The number of likely N-dealkylation sites (tertiary alicyclic amines) is 1. The average molecular weight is 371 g/mol. The Balaban J connectivity index is 1.26. The van der Waals surface area contributed by atoms with Crippen LogP contribution in [0.25, 0.3) is 11.5 Å². The van der Waals surface area contributed by atoms with Crippen molar-refractivity contribution in [1.29, 1.82) is 0 Å². The van der Waals surface area contributed by atoms with Crippen LogP contribution in [0.3, 0.4) is 0 Å². The lowest BCUT2D eigenvalue weighted by molar-refractivity contribution is -0.136. The zero-order valence-electron chi connectivity index (χ0n) is 14.4. The number of amides is 4. The van der Waals surface area contributed by atoms with E-state index < -0.39 is 6.03 Å². The Hall–Kier alpha value is -3.37. The van der Waals surface area contributed by atoms with Gasteiger partial charge in [0.1, 0.15) is 5.69 Å². The van der Waals surface area contributed by atoms with E-state index in [1.54, 1.807) is 23.5 Å². The smallest absolute Gasteiger partial charge is 0.324 e. The van der Waals surface area contributed by atoms with Gasteiger partial charge in [0, 0.05) is 51.4 Å². The van der Waals surface area contributed by atoms with E-state index in [-0.39, 0.29) is 37.1 Å². The fourth-order valence-corrected chi connectivity index (χ4v) is 2.96. The maximum absolute atomic E-state index is 12.3. The molecule has 0 spiro atoms. The number of urea groups is 1. The molecule has 2 aliphatic heterocycles. The minimum atomic E-state index is -0.442. The van der Waals surface area contributed by atoms with Crippen molar-refractivity contribution in [2.45, 2.75) is 18.8 Å². The molecule has 4 heterocycles. The number of carbonyl (C=O) groups is 3. The number of rotatable bonds is 5. The van der Waals surface area contributed by atoms with Gasteiger partial charge in [0.05, 0.1) is 12.1 Å². The van der Waals surface area contributed by atoms with Crippen LogP contribution in [0.1, 0.15) is 24.7 Å². The van der Waals surface area contributed by atoms with Crippen LogP contribution in [0.4, 0.5) is 4.79 Å². The highest BCUT2D eigenvalue weighted by Crippen LogP contribution is 2.27. The molecule has 0 unspecified atom stereocenters. The lowest BCUT2D eigenvalue weighted by Gasteiger charge is -2.37. The molecule has 11 nitrogen and oxygen atoms in total. The maximum atomic E-state index is 12.3. The predicted molar refractivity (Wildman–Crippen MR) is 89.0 cm³/mol. The van der Waals surface area contributed by atoms with Gasteiger partial charge in [-0.3, -0.25) is 19.9 Å². The number of aromatic nitrogens is 4. The zero-order chi connectivity index (χ0) is 18.8. The van der Waals surface area contributed by atoms with Gasteiger partial charge < -0.3 is 14.3 Å². The van der Waals surface area contributed by atoms with Crippen molar-refractivity contribution in [2.24, 2.45) is 0 Å². The van der Waals surface area contributed by atoms with E-state index in [4.69, 9.17) is 4.52 Å². The highest BCUT2D eigenvalue weighted by Gasteiger charge is 2.36. The molecule has 4 rings (SSSR count). The van der Waals surface area contributed by atoms with Gasteiger partial charge in [-0.15, -0.1) is 0 Å². The Labute approximate surface area is 153 Å². The summed E-state index contributed by atoms with van der Waals surface area (Å²) in [6, 6.07) is -0.442. The Morgan fingerprint density at radius 2 is 2.15 bits per heavy atom. The van der Waals surface area contributed by atoms with Crippen LogP contribution in [0.15, 0.2) is 23.1 Å². The van der Waals surface area contributed by atoms with Gasteiger partial charge >= 0.3 is 6.03 Å². The summed E-state index contributed by atoms with van der Waals surface area (Å²) in [5.41, 5.74) is 0.526. The Morgan fingerprint density at radius 1 is 1.30 bits per heavy atom. The van der Waals surface area contributed by atoms with Gasteiger partial charge in [-0.25, -0.2) is 9.78 Å². The number of nitrogens with zero attached hydrogens (tertiary/aromatic N) is 6. The fraction of sp³-hybridized carbons (Fsp3) is 0.438. The van der Waals surface area contributed by atoms with Crippen LogP contribution in [0.5, 0.6) is 0 Å². The second-order valence-corrected chi connectivity index (χ2v) is 6.38. The Kier molecular flexibility index (Phi) is 4.48. The van der Waals surface area contributed by atoms with E-state index in [1.165, 1.54) is 4.90 Å². The van der Waals surface area contributed by atoms with E-state index in [0.29, 0.717) is 37.0 Å². The van der Waals surface area contributed by atoms with E-state index in [0.717, 1.165) is 0 Å². The minimum absolute atomic E-state index is 0.0113. The molecule has 2 aromatic rings. The number of carbonyl (C=O) groups excluding carboxylic acids is 3. The van der Waals surface area contributed by atoms with Crippen molar-refractivity contribution >= 4 is 17.8 Å². The first-order valence-electron chi connectivity index (χ1n) is 8.56. The third-order valence-electron chi connectivity index (χ3n) is 4.56. The predicted octanol–water partition coefficient (Wildman–Crippen LogP) is -0.216. The van der Waals surface area contributed by atoms with Crippen LogP contribution in [-0.2, 0) is 9.59 Å². The van der Waals surface area contributed by atoms with E-state index in [1.807, 2.05) is 0 Å². The molecule has 2 aliphatic rings. The normalized spacial score (nSPS) is 17.6. The molecule has 0 aromatic carbocycles. The molecular formula is C16H17N7O4. The third-order valence-corrected chi connectivity index (χ3v) is 4.56. The molecular weight excluding hydrogens is 354 g/mol. The van der Waals surface area contributed by atoms with E-state index >= 15 is 0 Å². The molecule has 1 N–H and O–H groups in total. The maximum Gasteiger partial charge on any atom is 0.324 e. The summed E-state index contributed by atoms with van der Waals surface area (Å²) in [6.07, 6.45) is 5.13. The van der Waals surface area contributed by atoms with Crippen molar-refractivity contribution in [1.82, 2.24) is 35.2 Å². The highest BCUT2D eigenvalue weighted by atomic mass is 16.5. The summed E-state index contributed by atoms with van der Waals surface area (Å²) < 4.78 is 5.27. The molecule has 4 amide bonds. The standard InChI is InChI=1S/C16H17N7O4/c24-12-1-5-22(16(26)19-12)6-2-13(25)23-8-10(9-23)15-20-14(21-27-15)11-7-17-3-4-18-11/h3-4,7,10H,1-2,5-6,8-9H2,(H,19,24,26). The van der Waals surface area contributed by atoms with Crippen LogP contribution < -0.4 is 5.32 Å². The minimum Gasteiger partial charge on any atom is -0.341 e. The van der Waals surface area contributed by atoms with Crippen LogP contribution in [-0.4, -0.2) is 73.9 Å². The van der Waals surface area contributed by atoms with Crippen molar-refractivity contribution in [2.75, 3.05) is 26.2 Å². The van der Waals surface area contributed by atoms with Gasteiger partial charge in [-0.05, 0) is 0 Å². The molecule has 140 valence electrons. The van der Waals surface area contributed by atoms with Crippen molar-refractivity contribution < 1.29 is 18.9 Å². The highest BCUT2D eigenvalue weighted by molar-refractivity contribution is 5.96. The van der Waals surface area contributed by atoms with Crippen LogP contribution in [0.2, 0.25) is 0 Å². The SMILES string of the molecule is O=C1CCN(CCC(=O)N2CC(c3nc(-c4cnccn4)no3)C2)C(=O)N1. The van der Waals surface area contributed by atoms with Crippen LogP contribution >= 0.6 is 0 Å². The monoisotopic (exact) mass is 371 g/mol. The van der Waals surface area contributed by atoms with Crippen molar-refractivity contribution in [3.63, 3.8) is 0 Å². The zero-order valence-corrected chi connectivity index (χ0v) is 14.4. The van der Waals surface area contributed by atoms with Gasteiger partial charge in [0.2, 0.25) is 23.5 Å². The quantitative estimate of drug-likeness (QED) is 0.762. The number of imide groups is 1. The first-order chi connectivity index (χ1) is 13.1. The van der Waals surface area contributed by atoms with Crippen LogP contribution in [0, 0.1) is 0 Å². The topological polar surface area (TPSA) is 134 Å². The number of nitrogens with one attached hydrogen (secondary N) is 1. The molecule has 2 saturated heterocycles. The summed E-state index contributed by atoms with van der Waals surface area (Å²) in [5.74, 6) is 0.489. The van der Waals surface area contributed by atoms with Gasteiger partial charge in [0.15, 0.2) is 0 Å². The second-order valence-electron chi connectivity index (χ2n) is 6.38. The largest absolute Gasteiger partial charge is 0.341 e. The first kappa shape index (κ1) is 17.1. The molecule has 2 fully saturated rings. The fourth-order valence-electron chi connectivity index (χ4n) is 2.96.